The van der Waals surface area contributed by atoms with E-state index >= 15 is 0 Å². The van der Waals surface area contributed by atoms with Crippen LogP contribution in [0, 0.1) is 0 Å². The predicted octanol–water partition coefficient (Wildman–Crippen LogP) is 7.90. The number of fused-ring (bicyclic) bond motifs is 1. The Bertz CT molecular complexity index is 2610. The lowest BCUT2D eigenvalue weighted by atomic mass is 10.00. The smallest absolute Gasteiger partial charge is 0.448 e. The number of benzene rings is 3. The van der Waals surface area contributed by atoms with E-state index in [9.17, 15) is 41.9 Å². The molecule has 69 heavy (non-hydrogen) atoms. The van der Waals surface area contributed by atoms with Crippen LogP contribution < -0.4 is 19.5 Å². The maximum Gasteiger partial charge on any atom is 0.514 e. The minimum atomic E-state index is -5.08. The number of hydrogen-bond acceptors (Lipinski definition) is 11. The Morgan fingerprint density at radius 1 is 0.841 bits per heavy atom. The summed E-state index contributed by atoms with van der Waals surface area (Å²) in [7, 11) is 0. The minimum Gasteiger partial charge on any atom is -0.448 e. The second-order valence-electron chi connectivity index (χ2n) is 18.3. The highest BCUT2D eigenvalue weighted by atomic mass is 32.2. The van der Waals surface area contributed by atoms with Crippen LogP contribution in [0.25, 0.3) is 0 Å². The molecule has 0 aliphatic carbocycles. The maximum absolute atomic E-state index is 14.5. The summed E-state index contributed by atoms with van der Waals surface area (Å²) in [6, 6.07) is 24.7. The van der Waals surface area contributed by atoms with E-state index in [2.05, 4.69) is 5.32 Å². The van der Waals surface area contributed by atoms with Crippen molar-refractivity contribution in [2.75, 3.05) is 17.2 Å². The van der Waals surface area contributed by atoms with Gasteiger partial charge in [0.1, 0.15) is 34.1 Å². The number of esters is 1. The van der Waals surface area contributed by atoms with Crippen molar-refractivity contribution >= 4 is 53.4 Å². The number of nitrogens with one attached hydrogen (secondary N) is 1. The van der Waals surface area contributed by atoms with Crippen molar-refractivity contribution in [1.82, 2.24) is 15.1 Å². The topological polar surface area (TPSA) is 165 Å². The van der Waals surface area contributed by atoms with Crippen molar-refractivity contribution in [3.63, 3.8) is 0 Å². The van der Waals surface area contributed by atoms with E-state index in [1.807, 2.05) is 60.7 Å². The van der Waals surface area contributed by atoms with Crippen LogP contribution in [0.2, 0.25) is 0 Å². The van der Waals surface area contributed by atoms with Crippen molar-refractivity contribution in [1.29, 1.82) is 0 Å². The van der Waals surface area contributed by atoms with Gasteiger partial charge in [0.05, 0.1) is 5.69 Å². The number of halogens is 3. The first kappa shape index (κ1) is 49.7. The highest BCUT2D eigenvalue weighted by molar-refractivity contribution is 8.00. The molecular weight excluding hydrogens is 920 g/mol. The van der Waals surface area contributed by atoms with E-state index in [0.717, 1.165) is 24.3 Å². The molecule has 0 spiro atoms. The number of nitrogens with zero attached hydrogens (tertiary/aromatic N) is 4. The molecule has 3 aliphatic heterocycles. The Kier molecular flexibility index (Phi) is 14.6. The number of pyridine rings is 1. The summed E-state index contributed by atoms with van der Waals surface area (Å²) in [4.78, 5) is 82.7. The zero-order valence-corrected chi connectivity index (χ0v) is 39.5. The number of alkyl halides is 3. The summed E-state index contributed by atoms with van der Waals surface area (Å²) in [6.45, 7) is 9.72. The number of rotatable bonds is 12. The molecule has 19 heteroatoms. The van der Waals surface area contributed by atoms with Gasteiger partial charge in [-0.3, -0.25) is 19.3 Å². The third kappa shape index (κ3) is 12.3. The molecule has 4 heterocycles. The van der Waals surface area contributed by atoms with Gasteiger partial charge in [-0.1, -0.05) is 60.7 Å². The number of thioether (sulfide) groups is 1. The molecule has 15 nitrogen and oxygen atoms in total. The van der Waals surface area contributed by atoms with Crippen LogP contribution in [-0.2, 0) is 46.5 Å². The summed E-state index contributed by atoms with van der Waals surface area (Å²) in [5.41, 5.74) is 0.566. The van der Waals surface area contributed by atoms with Crippen LogP contribution in [0.15, 0.2) is 132 Å². The number of anilines is 1. The van der Waals surface area contributed by atoms with E-state index in [0.29, 0.717) is 40.8 Å². The van der Waals surface area contributed by atoms with Gasteiger partial charge in [0.2, 0.25) is 12.5 Å². The molecule has 2 atom stereocenters. The fraction of sp³-hybridized carbons (Fsp3) is 0.340. The fourth-order valence-corrected chi connectivity index (χ4v) is 9.00. The Morgan fingerprint density at radius 3 is 2.00 bits per heavy atom. The molecule has 2 fully saturated rings. The molecule has 362 valence electrons. The van der Waals surface area contributed by atoms with Crippen LogP contribution in [-0.4, -0.2) is 87.0 Å². The molecule has 0 saturated carbocycles. The van der Waals surface area contributed by atoms with Gasteiger partial charge in [0, 0.05) is 36.5 Å². The molecule has 3 aliphatic rings. The molecule has 1 aromatic heterocycles. The van der Waals surface area contributed by atoms with E-state index in [4.69, 9.17) is 18.9 Å². The van der Waals surface area contributed by atoms with Crippen molar-refractivity contribution in [3.05, 3.63) is 149 Å². The normalized spacial score (nSPS) is 17.9. The van der Waals surface area contributed by atoms with Crippen molar-refractivity contribution < 1.29 is 65.5 Å². The van der Waals surface area contributed by atoms with E-state index < -0.39 is 77.3 Å². The Hall–Kier alpha value is -7.15. The number of carbonyl (C=O) groups is 6. The Balaban J connectivity index is 1.06. The van der Waals surface area contributed by atoms with Gasteiger partial charge in [-0.15, -0.1) is 24.9 Å². The standard InChI is InChI=1S/C50H50F3N5O10S/c1-48(2,3)67-46(63)54-39-43(61)57-40(45(62)66-41(32-13-9-7-10-14-32)33-15-11-8-12-16-33)35(30-69-44(39)57)27-34-23-26-56(42(34)60)28-31-21-24-55(25-22-31)29-38(59)58(50(51,52)53)36-17-19-37(20-18-36)65-47(64)68-49(4,5)6/h7-22,24-25,27,39,41,44H,23,26,28-30H2,1-6H3/p+1. The molecule has 1 N–H and O–H groups in total. The number of amides is 4. The first-order chi connectivity index (χ1) is 32.5. The van der Waals surface area contributed by atoms with Gasteiger partial charge in [0.25, 0.3) is 11.8 Å². The second kappa shape index (κ2) is 20.2. The lowest BCUT2D eigenvalue weighted by Gasteiger charge is -2.49. The summed E-state index contributed by atoms with van der Waals surface area (Å²) in [6.07, 6.45) is -2.97. The molecule has 0 bridgehead atoms. The molecule has 4 aromatic rings. The predicted molar refractivity (Wildman–Crippen MR) is 246 cm³/mol. The van der Waals surface area contributed by atoms with Crippen LogP contribution in [0.4, 0.5) is 28.4 Å². The second-order valence-corrected chi connectivity index (χ2v) is 19.4. The average Bonchev–Trinajstić information content (AvgIpc) is 3.61. The molecule has 0 radical (unpaired) electrons. The summed E-state index contributed by atoms with van der Waals surface area (Å²) in [5, 5.41) is 1.97. The summed E-state index contributed by atoms with van der Waals surface area (Å²) < 4.78 is 65.8. The quantitative estimate of drug-likeness (QED) is 0.0279. The van der Waals surface area contributed by atoms with Gasteiger partial charge >= 0.3 is 24.5 Å². The van der Waals surface area contributed by atoms with Crippen LogP contribution in [0.5, 0.6) is 5.75 Å². The fourth-order valence-electron chi connectivity index (χ4n) is 7.70. The first-order valence-corrected chi connectivity index (χ1v) is 23.0. The zero-order valence-electron chi connectivity index (χ0n) is 38.7. The number of likely N-dealkylation sites (tertiary alicyclic amines) is 1. The van der Waals surface area contributed by atoms with Crippen molar-refractivity contribution in [2.45, 2.75) is 96.1 Å². The minimum absolute atomic E-state index is 0.0444. The summed E-state index contributed by atoms with van der Waals surface area (Å²) >= 11 is 1.31. The Labute approximate surface area is 400 Å². The maximum atomic E-state index is 14.5. The lowest BCUT2D eigenvalue weighted by Crippen LogP contribution is -2.70. The van der Waals surface area contributed by atoms with Crippen LogP contribution >= 0.6 is 11.8 Å². The number of hydrogen-bond donors (Lipinski definition) is 1. The highest BCUT2D eigenvalue weighted by Crippen LogP contribution is 2.43. The number of allylic oxidation sites excluding steroid dienone is 1. The van der Waals surface area contributed by atoms with Gasteiger partial charge in [0.15, 0.2) is 18.5 Å². The number of aromatic nitrogens is 1. The van der Waals surface area contributed by atoms with Gasteiger partial charge in [-0.2, -0.15) is 4.57 Å². The largest absolute Gasteiger partial charge is 0.514 e. The van der Waals surface area contributed by atoms with E-state index in [-0.39, 0.29) is 34.6 Å². The van der Waals surface area contributed by atoms with E-state index in [1.54, 1.807) is 64.7 Å². The number of carbonyl (C=O) groups excluding carboxylic acids is 6. The van der Waals surface area contributed by atoms with Crippen LogP contribution in [0.1, 0.15) is 70.8 Å². The van der Waals surface area contributed by atoms with Crippen molar-refractivity contribution in [2.24, 2.45) is 0 Å². The monoisotopic (exact) mass is 970 g/mol. The average molecular weight is 971 g/mol. The SMILES string of the molecule is CC(C)(C)OC(=O)NC1C(=O)N2C(C(=O)OC(c3ccccc3)c3ccccc3)=C(C=C3CCN(Cc4cc[n+](CC(=O)N(c5ccc(OC(=O)OC(C)(C)C)cc5)C(F)(F)F)cc4)C3=O)CSC12. The highest BCUT2D eigenvalue weighted by Gasteiger charge is 2.55. The van der Waals surface area contributed by atoms with Gasteiger partial charge < -0.3 is 29.2 Å². The lowest BCUT2D eigenvalue weighted by molar-refractivity contribution is -0.684. The molecule has 7 rings (SSSR count). The first-order valence-electron chi connectivity index (χ1n) is 21.9. The van der Waals surface area contributed by atoms with Crippen molar-refractivity contribution in [3.8, 4) is 5.75 Å². The van der Waals surface area contributed by atoms with Gasteiger partial charge in [-0.25, -0.2) is 19.3 Å². The number of ether oxygens (including phenoxy) is 4. The third-order valence-electron chi connectivity index (χ3n) is 10.7. The Morgan fingerprint density at radius 2 is 1.43 bits per heavy atom. The third-order valence-corrected chi connectivity index (χ3v) is 12.0. The zero-order chi connectivity index (χ0) is 49.8. The van der Waals surface area contributed by atoms with E-state index in [1.165, 1.54) is 33.6 Å². The molecule has 4 amide bonds. The summed E-state index contributed by atoms with van der Waals surface area (Å²) in [5.74, 6) is -2.85. The van der Waals surface area contributed by atoms with Gasteiger partial charge in [-0.05, 0) is 101 Å². The molecule has 2 saturated heterocycles. The van der Waals surface area contributed by atoms with Crippen LogP contribution in [0.3, 0.4) is 0 Å². The molecule has 3 aromatic carbocycles. The number of β-lactam (4-membered cyclic amide) rings is 1. The molecular formula is C50H51F3N5O10S+. The molecule has 2 unspecified atom stereocenters. The number of alkyl carbamates (subject to hydrolysis) is 1.